The number of nitrogens with zero attached hydrogens (tertiary/aromatic N) is 3. The summed E-state index contributed by atoms with van der Waals surface area (Å²) in [5.74, 6) is -0.310. The summed E-state index contributed by atoms with van der Waals surface area (Å²) < 4.78 is 32.6. The SMILES string of the molecule is COc1cc2nccc(Oc3ccc(Nc4nn(C)cc4C(=O)O)cc3F)c2cc1OC. The zero-order chi connectivity index (χ0) is 22.8. The van der Waals surface area contributed by atoms with Gasteiger partial charge in [0.2, 0.25) is 0 Å². The molecule has 0 bridgehead atoms. The maximum Gasteiger partial charge on any atom is 0.341 e. The third-order valence-corrected chi connectivity index (χ3v) is 4.68. The van der Waals surface area contributed by atoms with Gasteiger partial charge < -0.3 is 24.6 Å². The number of fused-ring (bicyclic) bond motifs is 1. The molecule has 0 saturated carbocycles. The van der Waals surface area contributed by atoms with E-state index in [1.165, 1.54) is 37.2 Å². The van der Waals surface area contributed by atoms with Crippen LogP contribution in [0.25, 0.3) is 10.9 Å². The predicted molar refractivity (Wildman–Crippen MR) is 115 cm³/mol. The molecular formula is C22H19FN4O5. The van der Waals surface area contributed by atoms with Crippen LogP contribution in [-0.2, 0) is 7.05 Å². The van der Waals surface area contributed by atoms with Gasteiger partial charge in [-0.15, -0.1) is 0 Å². The number of hydrogen-bond donors (Lipinski definition) is 2. The number of rotatable bonds is 7. The summed E-state index contributed by atoms with van der Waals surface area (Å²) in [5, 5.41) is 16.8. The quantitative estimate of drug-likeness (QED) is 0.438. The van der Waals surface area contributed by atoms with E-state index < -0.39 is 11.8 Å². The van der Waals surface area contributed by atoms with Crippen molar-refractivity contribution in [2.24, 2.45) is 7.05 Å². The van der Waals surface area contributed by atoms with Gasteiger partial charge in [-0.3, -0.25) is 9.67 Å². The van der Waals surface area contributed by atoms with Crippen LogP contribution in [0.5, 0.6) is 23.0 Å². The highest BCUT2D eigenvalue weighted by atomic mass is 19.1. The first kappa shape index (κ1) is 20.9. The highest BCUT2D eigenvalue weighted by Crippen LogP contribution is 2.37. The standard InChI is InChI=1S/C22H19FN4O5/c1-27-11-14(22(28)29)21(26-27)25-12-4-5-18(15(23)8-12)32-17-6-7-24-16-10-20(31-3)19(30-2)9-13(16)17/h4-11H,1-3H3,(H,25,26)(H,28,29). The van der Waals surface area contributed by atoms with Crippen LogP contribution in [0, 0.1) is 5.82 Å². The van der Waals surface area contributed by atoms with E-state index in [-0.39, 0.29) is 17.1 Å². The smallest absolute Gasteiger partial charge is 0.341 e. The zero-order valence-corrected chi connectivity index (χ0v) is 17.4. The van der Waals surface area contributed by atoms with Crippen molar-refractivity contribution < 1.29 is 28.5 Å². The van der Waals surface area contributed by atoms with Crippen molar-refractivity contribution in [1.82, 2.24) is 14.8 Å². The Morgan fingerprint density at radius 2 is 1.81 bits per heavy atom. The molecule has 0 radical (unpaired) electrons. The lowest BCUT2D eigenvalue weighted by Crippen LogP contribution is -2.01. The molecule has 32 heavy (non-hydrogen) atoms. The summed E-state index contributed by atoms with van der Waals surface area (Å²) in [6, 6.07) is 9.23. The Morgan fingerprint density at radius 3 is 2.50 bits per heavy atom. The number of methoxy groups -OCH3 is 2. The minimum atomic E-state index is -1.14. The fraction of sp³-hybridized carbons (Fsp3) is 0.136. The fourth-order valence-corrected chi connectivity index (χ4v) is 3.19. The molecule has 2 heterocycles. The Morgan fingerprint density at radius 1 is 1.06 bits per heavy atom. The second-order valence-corrected chi connectivity index (χ2v) is 6.78. The number of carboxylic acid groups (broad SMARTS) is 1. The van der Waals surface area contributed by atoms with Crippen LogP contribution in [0.4, 0.5) is 15.9 Å². The largest absolute Gasteiger partial charge is 0.493 e. The van der Waals surface area contributed by atoms with Gasteiger partial charge in [-0.05, 0) is 24.3 Å². The van der Waals surface area contributed by atoms with Gasteiger partial charge in [-0.1, -0.05) is 0 Å². The average molecular weight is 438 g/mol. The van der Waals surface area contributed by atoms with Crippen LogP contribution in [-0.4, -0.2) is 40.1 Å². The Labute approximate surface area is 182 Å². The molecule has 2 aromatic carbocycles. The number of hydrogen-bond acceptors (Lipinski definition) is 7. The lowest BCUT2D eigenvalue weighted by Gasteiger charge is -2.13. The molecule has 164 valence electrons. The molecule has 0 amide bonds. The maximum absolute atomic E-state index is 14.8. The van der Waals surface area contributed by atoms with Crippen LogP contribution in [0.3, 0.4) is 0 Å². The second-order valence-electron chi connectivity index (χ2n) is 6.78. The van der Waals surface area contributed by atoms with Gasteiger partial charge in [0.1, 0.15) is 11.3 Å². The number of ether oxygens (including phenoxy) is 3. The summed E-state index contributed by atoms with van der Waals surface area (Å²) in [6.45, 7) is 0. The number of anilines is 2. The van der Waals surface area contributed by atoms with Gasteiger partial charge >= 0.3 is 5.97 Å². The molecule has 2 N–H and O–H groups in total. The topological polar surface area (TPSA) is 108 Å². The molecule has 10 heteroatoms. The van der Waals surface area contributed by atoms with Crippen molar-refractivity contribution in [3.63, 3.8) is 0 Å². The van der Waals surface area contributed by atoms with Crippen molar-refractivity contribution >= 4 is 28.4 Å². The zero-order valence-electron chi connectivity index (χ0n) is 17.4. The molecule has 0 spiro atoms. The van der Waals surface area contributed by atoms with Crippen molar-refractivity contribution in [2.75, 3.05) is 19.5 Å². The Kier molecular flexibility index (Phi) is 5.50. The predicted octanol–water partition coefficient (Wildman–Crippen LogP) is 4.36. The van der Waals surface area contributed by atoms with E-state index in [0.717, 1.165) is 0 Å². The van der Waals surface area contributed by atoms with E-state index in [4.69, 9.17) is 14.2 Å². The molecule has 0 fully saturated rings. The number of aryl methyl sites for hydroxylation is 1. The van der Waals surface area contributed by atoms with Gasteiger partial charge in [0, 0.05) is 42.6 Å². The van der Waals surface area contributed by atoms with Gasteiger partial charge in [0.15, 0.2) is 28.9 Å². The highest BCUT2D eigenvalue weighted by Gasteiger charge is 2.16. The molecule has 4 aromatic rings. The lowest BCUT2D eigenvalue weighted by atomic mass is 10.2. The number of halogens is 1. The molecule has 0 aliphatic rings. The minimum Gasteiger partial charge on any atom is -0.493 e. The van der Waals surface area contributed by atoms with Crippen LogP contribution in [0.15, 0.2) is 48.8 Å². The van der Waals surface area contributed by atoms with E-state index in [9.17, 15) is 14.3 Å². The number of aromatic nitrogens is 3. The van der Waals surface area contributed by atoms with E-state index in [1.54, 1.807) is 37.5 Å². The van der Waals surface area contributed by atoms with E-state index in [0.29, 0.717) is 33.8 Å². The highest BCUT2D eigenvalue weighted by molar-refractivity contribution is 5.93. The summed E-state index contributed by atoms with van der Waals surface area (Å²) in [7, 11) is 4.64. The lowest BCUT2D eigenvalue weighted by molar-refractivity contribution is 0.0698. The van der Waals surface area contributed by atoms with Crippen LogP contribution >= 0.6 is 0 Å². The summed E-state index contributed by atoms with van der Waals surface area (Å²) in [6.07, 6.45) is 2.90. The summed E-state index contributed by atoms with van der Waals surface area (Å²) in [5.41, 5.74) is 0.887. The first-order valence-corrected chi connectivity index (χ1v) is 9.41. The average Bonchev–Trinajstić information content (AvgIpc) is 3.15. The number of carbonyl (C=O) groups is 1. The normalized spacial score (nSPS) is 10.8. The molecule has 0 unspecified atom stereocenters. The fourth-order valence-electron chi connectivity index (χ4n) is 3.19. The molecular weight excluding hydrogens is 419 g/mol. The third kappa shape index (κ3) is 3.97. The molecule has 0 saturated heterocycles. The van der Waals surface area contributed by atoms with Crippen molar-refractivity contribution in [3.8, 4) is 23.0 Å². The summed E-state index contributed by atoms with van der Waals surface area (Å²) >= 11 is 0. The number of aromatic carboxylic acids is 1. The van der Waals surface area contributed by atoms with Crippen molar-refractivity contribution in [2.45, 2.75) is 0 Å². The van der Waals surface area contributed by atoms with Crippen molar-refractivity contribution in [3.05, 3.63) is 60.2 Å². The molecule has 4 rings (SSSR count). The van der Waals surface area contributed by atoms with Crippen LogP contribution < -0.4 is 19.5 Å². The number of pyridine rings is 1. The van der Waals surface area contributed by atoms with Gasteiger partial charge in [-0.25, -0.2) is 9.18 Å². The Bertz CT molecular complexity index is 1320. The van der Waals surface area contributed by atoms with Crippen molar-refractivity contribution in [1.29, 1.82) is 0 Å². The number of carboxylic acids is 1. The van der Waals surface area contributed by atoms with Gasteiger partial charge in [0.05, 0.1) is 19.7 Å². The monoisotopic (exact) mass is 438 g/mol. The molecule has 2 aromatic heterocycles. The van der Waals surface area contributed by atoms with Crippen LogP contribution in [0.2, 0.25) is 0 Å². The minimum absolute atomic E-state index is 0.0164. The third-order valence-electron chi connectivity index (χ3n) is 4.68. The van der Waals surface area contributed by atoms with E-state index in [1.807, 2.05) is 0 Å². The first-order valence-electron chi connectivity index (χ1n) is 9.41. The number of nitrogens with one attached hydrogen (secondary N) is 1. The maximum atomic E-state index is 14.8. The Balaban J connectivity index is 1.64. The van der Waals surface area contributed by atoms with Crippen LogP contribution in [0.1, 0.15) is 10.4 Å². The van der Waals surface area contributed by atoms with E-state index >= 15 is 0 Å². The number of benzene rings is 2. The molecule has 0 aliphatic carbocycles. The van der Waals surface area contributed by atoms with E-state index in [2.05, 4.69) is 15.4 Å². The Hall–Kier alpha value is -4.34. The summed E-state index contributed by atoms with van der Waals surface area (Å²) in [4.78, 5) is 15.6. The second kappa shape index (κ2) is 8.42. The molecule has 0 atom stereocenters. The van der Waals surface area contributed by atoms with Gasteiger partial charge in [-0.2, -0.15) is 5.10 Å². The first-order chi connectivity index (χ1) is 15.4. The molecule has 0 aliphatic heterocycles. The molecule has 9 nitrogen and oxygen atoms in total. The van der Waals surface area contributed by atoms with Gasteiger partial charge in [0.25, 0.3) is 0 Å².